The Balaban J connectivity index is 4.76. The fraction of sp³-hybridized carbons (Fsp3) is 0.800. The first-order valence-electron chi connectivity index (χ1n) is 5.75. The van der Waals surface area contributed by atoms with Gasteiger partial charge in [0.15, 0.2) is 6.10 Å². The lowest BCUT2D eigenvalue weighted by molar-refractivity contribution is -0.128. The van der Waals surface area contributed by atoms with Crippen LogP contribution >= 0.6 is 6.72 Å². The molecule has 0 fully saturated rings. The molecule has 18 heavy (non-hydrogen) atoms. The van der Waals surface area contributed by atoms with Crippen LogP contribution in [0.4, 0.5) is 0 Å². The molecule has 1 amide bonds. The highest BCUT2D eigenvalue weighted by Crippen LogP contribution is 2.51. The maximum Gasteiger partial charge on any atom is 0.327 e. The van der Waals surface area contributed by atoms with E-state index in [9.17, 15) is 4.79 Å². The molecule has 6 nitrogen and oxygen atoms in total. The van der Waals surface area contributed by atoms with Gasteiger partial charge in [0.2, 0.25) is 0 Å². The molecule has 0 radical (unpaired) electrons. The molecule has 0 aromatic carbocycles. The molecule has 8 heteroatoms. The van der Waals surface area contributed by atoms with Gasteiger partial charge in [-0.3, -0.25) is 9.32 Å². The van der Waals surface area contributed by atoms with Crippen LogP contribution in [0, 0.1) is 11.3 Å². The zero-order valence-electron chi connectivity index (χ0n) is 10.8. The largest absolute Gasteiger partial charge is 0.354 e. The van der Waals surface area contributed by atoms with E-state index in [-0.39, 0.29) is 12.3 Å². The smallest absolute Gasteiger partial charge is 0.327 e. The molecule has 1 unspecified atom stereocenters. The van der Waals surface area contributed by atoms with Crippen molar-refractivity contribution in [2.45, 2.75) is 33.3 Å². The summed E-state index contributed by atoms with van der Waals surface area (Å²) in [6, 6.07) is 1.89. The number of likely N-dealkylation sites (N-methyl/N-ethyl adjacent to an activating group) is 1. The molecule has 0 aromatic heterocycles. The van der Waals surface area contributed by atoms with Gasteiger partial charge in [0.05, 0.1) is 25.7 Å². The molecule has 0 aliphatic rings. The van der Waals surface area contributed by atoms with Crippen molar-refractivity contribution in [2.24, 2.45) is 0 Å². The van der Waals surface area contributed by atoms with Crippen LogP contribution in [-0.2, 0) is 30.2 Å². The number of nitrogens with zero attached hydrogens (tertiary/aromatic N) is 1. The molecule has 0 heterocycles. The minimum Gasteiger partial charge on any atom is -0.354 e. The lowest BCUT2D eigenvalue weighted by atomic mass is 10.2. The van der Waals surface area contributed by atoms with E-state index < -0.39 is 12.8 Å². The summed E-state index contributed by atoms with van der Waals surface area (Å²) in [6.07, 6.45) is -1.05. The summed E-state index contributed by atoms with van der Waals surface area (Å²) in [7, 11) is 0. The van der Waals surface area contributed by atoms with Crippen molar-refractivity contribution in [1.29, 1.82) is 5.26 Å². The van der Waals surface area contributed by atoms with Crippen LogP contribution in [0.5, 0.6) is 0 Å². The van der Waals surface area contributed by atoms with Gasteiger partial charge in [0, 0.05) is 6.54 Å². The number of rotatable bonds is 9. The summed E-state index contributed by atoms with van der Waals surface area (Å²) in [6.45, 7) is 3.44. The third-order valence-corrected chi connectivity index (χ3v) is 4.30. The van der Waals surface area contributed by atoms with Crippen LogP contribution in [0.2, 0.25) is 0 Å². The Bertz CT molecular complexity index is 335. The molecule has 0 aliphatic carbocycles. The molecule has 1 atom stereocenters. The Morgan fingerprint density at radius 2 is 1.94 bits per heavy atom. The van der Waals surface area contributed by atoms with Gasteiger partial charge in [-0.15, -0.1) is 0 Å². The number of carbonyl (C=O) groups is 1. The van der Waals surface area contributed by atoms with E-state index in [1.165, 1.54) is 0 Å². The van der Waals surface area contributed by atoms with Gasteiger partial charge in [-0.05, 0) is 32.6 Å². The monoisotopic (exact) mass is 294 g/mol. The molecule has 0 rings (SSSR count). The van der Waals surface area contributed by atoms with Crippen LogP contribution in [0.3, 0.4) is 0 Å². The van der Waals surface area contributed by atoms with Crippen molar-refractivity contribution < 1.29 is 18.4 Å². The van der Waals surface area contributed by atoms with Crippen LogP contribution in [0.15, 0.2) is 0 Å². The lowest BCUT2D eigenvalue weighted by Gasteiger charge is -2.24. The average molecular weight is 294 g/mol. The van der Waals surface area contributed by atoms with Crippen molar-refractivity contribution in [2.75, 3.05) is 19.8 Å². The standard InChI is InChI=1S/C10H19N2O4PS/c1-4-12-10(13)9(7-8-11)16-17(18,14-5-2)15-6-3/h9H,4-7H2,1-3H3,(H,12,13). The van der Waals surface area contributed by atoms with Crippen LogP contribution in [-0.4, -0.2) is 31.8 Å². The van der Waals surface area contributed by atoms with Crippen molar-refractivity contribution in [3.05, 3.63) is 0 Å². The SMILES string of the molecule is CCNC(=O)C(CC#N)OP(=S)(OCC)OCC. The molecular formula is C10H19N2O4PS. The van der Waals surface area contributed by atoms with Crippen molar-refractivity contribution in [1.82, 2.24) is 5.32 Å². The van der Waals surface area contributed by atoms with Gasteiger partial charge in [-0.1, -0.05) is 0 Å². The number of carbonyl (C=O) groups excluding carboxylic acids is 1. The van der Waals surface area contributed by atoms with E-state index >= 15 is 0 Å². The average Bonchev–Trinajstić information content (AvgIpc) is 2.29. The molecule has 0 saturated heterocycles. The summed E-state index contributed by atoms with van der Waals surface area (Å²) in [5.41, 5.74) is 0. The summed E-state index contributed by atoms with van der Waals surface area (Å²) in [4.78, 5) is 11.7. The first-order chi connectivity index (χ1) is 8.52. The summed E-state index contributed by atoms with van der Waals surface area (Å²) in [5, 5.41) is 11.3. The maximum absolute atomic E-state index is 11.7. The van der Waals surface area contributed by atoms with Crippen LogP contribution < -0.4 is 5.32 Å². The zero-order valence-corrected chi connectivity index (χ0v) is 12.6. The number of nitriles is 1. The Hall–Kier alpha value is -0.510. The highest BCUT2D eigenvalue weighted by Gasteiger charge is 2.29. The molecule has 0 saturated carbocycles. The normalized spacial score (nSPS) is 12.8. The Morgan fingerprint density at radius 1 is 1.39 bits per heavy atom. The van der Waals surface area contributed by atoms with Crippen LogP contribution in [0.25, 0.3) is 0 Å². The van der Waals surface area contributed by atoms with Gasteiger partial charge in [-0.2, -0.15) is 5.26 Å². The number of nitrogens with one attached hydrogen (secondary N) is 1. The molecule has 0 aromatic rings. The predicted octanol–water partition coefficient (Wildman–Crippen LogP) is 1.72. The maximum atomic E-state index is 11.7. The fourth-order valence-electron chi connectivity index (χ4n) is 1.12. The topological polar surface area (TPSA) is 80.6 Å². The molecule has 0 aliphatic heterocycles. The molecule has 0 spiro atoms. The van der Waals surface area contributed by atoms with E-state index in [1.807, 2.05) is 6.07 Å². The summed E-state index contributed by atoms with van der Waals surface area (Å²) < 4.78 is 16.0. The van der Waals surface area contributed by atoms with Gasteiger partial charge in [-0.25, -0.2) is 0 Å². The minimum absolute atomic E-state index is 0.0929. The second-order valence-electron chi connectivity index (χ2n) is 3.13. The van der Waals surface area contributed by atoms with E-state index in [4.69, 9.17) is 30.6 Å². The van der Waals surface area contributed by atoms with E-state index in [0.29, 0.717) is 19.8 Å². The number of hydrogen-bond donors (Lipinski definition) is 1. The molecule has 0 bridgehead atoms. The number of amides is 1. The lowest BCUT2D eigenvalue weighted by Crippen LogP contribution is -2.35. The van der Waals surface area contributed by atoms with Gasteiger partial charge >= 0.3 is 6.72 Å². The summed E-state index contributed by atoms with van der Waals surface area (Å²) in [5.74, 6) is -0.382. The van der Waals surface area contributed by atoms with Gasteiger partial charge in [0.1, 0.15) is 0 Å². The van der Waals surface area contributed by atoms with Crippen LogP contribution in [0.1, 0.15) is 27.2 Å². The highest BCUT2D eigenvalue weighted by molar-refractivity contribution is 8.07. The molecule has 104 valence electrons. The zero-order chi connectivity index (χ0) is 14.0. The summed E-state index contributed by atoms with van der Waals surface area (Å²) >= 11 is 5.15. The predicted molar refractivity (Wildman–Crippen MR) is 71.3 cm³/mol. The number of hydrogen-bond acceptors (Lipinski definition) is 6. The van der Waals surface area contributed by atoms with Crippen molar-refractivity contribution in [3.63, 3.8) is 0 Å². The van der Waals surface area contributed by atoms with Gasteiger partial charge < -0.3 is 14.4 Å². The quantitative estimate of drug-likeness (QED) is 0.652. The molecular weight excluding hydrogens is 275 g/mol. The molecule has 1 N–H and O–H groups in total. The van der Waals surface area contributed by atoms with E-state index in [2.05, 4.69) is 5.32 Å². The van der Waals surface area contributed by atoms with Gasteiger partial charge in [0.25, 0.3) is 5.91 Å². The van der Waals surface area contributed by atoms with E-state index in [1.54, 1.807) is 20.8 Å². The Morgan fingerprint density at radius 3 is 2.33 bits per heavy atom. The second kappa shape index (κ2) is 9.42. The third kappa shape index (κ3) is 6.43. The first-order valence-corrected chi connectivity index (χ1v) is 8.30. The second-order valence-corrected chi connectivity index (χ2v) is 6.10. The third-order valence-electron chi connectivity index (χ3n) is 1.75. The van der Waals surface area contributed by atoms with E-state index in [0.717, 1.165) is 0 Å². The van der Waals surface area contributed by atoms with Crippen molar-refractivity contribution >= 4 is 24.4 Å². The Kier molecular flexibility index (Phi) is 9.16. The first kappa shape index (κ1) is 17.5. The fourth-order valence-corrected chi connectivity index (χ4v) is 3.37. The Labute approximate surface area is 113 Å². The minimum atomic E-state index is -2.96. The van der Waals surface area contributed by atoms with Crippen molar-refractivity contribution in [3.8, 4) is 6.07 Å². The highest BCUT2D eigenvalue weighted by atomic mass is 32.5.